The fraction of sp³-hybridized carbons (Fsp3) is 0.833. The average Bonchev–Trinajstić information content (AvgIpc) is 2.41. The number of hydrogen-bond acceptors (Lipinski definition) is 4. The maximum Gasteiger partial charge on any atom is 0.166 e. The van der Waals surface area contributed by atoms with Crippen molar-refractivity contribution in [3.8, 4) is 0 Å². The summed E-state index contributed by atoms with van der Waals surface area (Å²) in [5, 5.41) is 3.85. The largest absolute Gasteiger partial charge is 0.166 e. The fourth-order valence-electron chi connectivity index (χ4n) is 0.778. The van der Waals surface area contributed by atoms with Gasteiger partial charge in [0.15, 0.2) is 5.82 Å². The van der Waals surface area contributed by atoms with Crippen molar-refractivity contribution in [2.45, 2.75) is 32.6 Å². The summed E-state index contributed by atoms with van der Waals surface area (Å²) >= 11 is 1.19. The van der Waals surface area contributed by atoms with Crippen LogP contribution in [-0.4, -0.2) is 14.0 Å². The molecule has 3 nitrogen and oxygen atoms in total. The number of aromatic nitrogens is 3. The van der Waals surface area contributed by atoms with Crippen LogP contribution in [0.3, 0.4) is 0 Å². The lowest BCUT2D eigenvalue weighted by molar-refractivity contribution is 0.696. The second kappa shape index (κ2) is 4.33. The molecule has 0 fully saturated rings. The van der Waals surface area contributed by atoms with Crippen molar-refractivity contribution in [3.05, 3.63) is 5.82 Å². The van der Waals surface area contributed by atoms with Crippen LogP contribution in [0.2, 0.25) is 0 Å². The van der Waals surface area contributed by atoms with E-state index in [0.717, 1.165) is 12.2 Å². The molecule has 0 aliphatic rings. The maximum atomic E-state index is 4.01. The van der Waals surface area contributed by atoms with Crippen LogP contribution in [-0.2, 0) is 6.42 Å². The third kappa shape index (κ3) is 2.39. The summed E-state index contributed by atoms with van der Waals surface area (Å²) in [6, 6.07) is 0. The maximum absolute atomic E-state index is 4.01. The van der Waals surface area contributed by atoms with Gasteiger partial charge in [0.2, 0.25) is 0 Å². The lowest BCUT2D eigenvalue weighted by Gasteiger charge is -1.90. The number of rotatable bonds is 4. The van der Waals surface area contributed by atoms with Gasteiger partial charge in [-0.3, -0.25) is 0 Å². The van der Waals surface area contributed by atoms with E-state index in [1.54, 1.807) is 0 Å². The molecule has 10 heavy (non-hydrogen) atoms. The summed E-state index contributed by atoms with van der Waals surface area (Å²) in [5.41, 5.74) is 0. The molecular formula is C6H11N3S. The smallest absolute Gasteiger partial charge is 0.156 e. The first-order valence-corrected chi connectivity index (χ1v) is 4.30. The second-order valence-corrected chi connectivity index (χ2v) is 2.74. The van der Waals surface area contributed by atoms with Gasteiger partial charge in [-0.25, -0.2) is 0 Å². The van der Waals surface area contributed by atoms with Crippen molar-refractivity contribution in [2.75, 3.05) is 0 Å². The van der Waals surface area contributed by atoms with Gasteiger partial charge in [-0.05, 0) is 6.42 Å². The molecular weight excluding hydrogens is 146 g/mol. The van der Waals surface area contributed by atoms with E-state index >= 15 is 0 Å². The fourth-order valence-corrected chi connectivity index (χ4v) is 1.17. The van der Waals surface area contributed by atoms with E-state index in [2.05, 4.69) is 20.9 Å². The molecule has 0 saturated heterocycles. The standard InChI is InChI=1S/C6H11N3S/c1-2-3-4-5-6-7-9-10-8-6/h2-5H2,1H3. The highest BCUT2D eigenvalue weighted by Crippen LogP contribution is 2.00. The Morgan fingerprint density at radius 2 is 2.30 bits per heavy atom. The molecule has 0 N–H and O–H groups in total. The molecule has 1 heterocycles. The van der Waals surface area contributed by atoms with E-state index in [9.17, 15) is 0 Å². The van der Waals surface area contributed by atoms with Crippen LogP contribution in [0.5, 0.6) is 0 Å². The van der Waals surface area contributed by atoms with Gasteiger partial charge in [0.25, 0.3) is 0 Å². The van der Waals surface area contributed by atoms with E-state index in [1.165, 1.54) is 31.0 Å². The van der Waals surface area contributed by atoms with E-state index in [1.807, 2.05) is 0 Å². The lowest BCUT2D eigenvalue weighted by Crippen LogP contribution is -1.87. The summed E-state index contributed by atoms with van der Waals surface area (Å²) in [7, 11) is 0. The van der Waals surface area contributed by atoms with Crippen molar-refractivity contribution < 1.29 is 0 Å². The molecule has 0 aliphatic carbocycles. The summed E-state index contributed by atoms with van der Waals surface area (Å²) in [5.74, 6) is 0.901. The molecule has 1 rings (SSSR count). The minimum absolute atomic E-state index is 0.901. The molecule has 0 bridgehead atoms. The average molecular weight is 157 g/mol. The van der Waals surface area contributed by atoms with Gasteiger partial charge in [-0.1, -0.05) is 24.3 Å². The third-order valence-electron chi connectivity index (χ3n) is 1.34. The first-order valence-electron chi connectivity index (χ1n) is 3.57. The summed E-state index contributed by atoms with van der Waals surface area (Å²) in [4.78, 5) is 0. The highest BCUT2D eigenvalue weighted by molar-refractivity contribution is 6.98. The minimum Gasteiger partial charge on any atom is -0.156 e. The molecule has 0 radical (unpaired) electrons. The predicted octanol–water partition coefficient (Wildman–Crippen LogP) is 1.67. The quantitative estimate of drug-likeness (QED) is 0.624. The first kappa shape index (κ1) is 7.60. The Hall–Kier alpha value is -0.510. The molecule has 0 amide bonds. The van der Waals surface area contributed by atoms with Gasteiger partial charge in [0.05, 0.1) is 11.7 Å². The van der Waals surface area contributed by atoms with Gasteiger partial charge in [0.1, 0.15) is 0 Å². The molecule has 56 valence electrons. The van der Waals surface area contributed by atoms with Crippen LogP contribution >= 0.6 is 11.7 Å². The Kier molecular flexibility index (Phi) is 3.29. The monoisotopic (exact) mass is 157 g/mol. The van der Waals surface area contributed by atoms with E-state index in [0.29, 0.717) is 0 Å². The Morgan fingerprint density at radius 1 is 1.40 bits per heavy atom. The Bertz CT molecular complexity index is 162. The third-order valence-corrected chi connectivity index (χ3v) is 1.79. The highest BCUT2D eigenvalue weighted by atomic mass is 32.1. The van der Waals surface area contributed by atoms with Gasteiger partial charge >= 0.3 is 0 Å². The van der Waals surface area contributed by atoms with Crippen LogP contribution in [0.1, 0.15) is 32.0 Å². The van der Waals surface area contributed by atoms with E-state index in [-0.39, 0.29) is 0 Å². The molecule has 0 atom stereocenters. The number of nitrogens with zero attached hydrogens (tertiary/aromatic N) is 3. The minimum atomic E-state index is 0.901. The zero-order valence-corrected chi connectivity index (χ0v) is 6.89. The van der Waals surface area contributed by atoms with Gasteiger partial charge in [-0.2, -0.15) is 4.37 Å². The van der Waals surface area contributed by atoms with Crippen molar-refractivity contribution in [3.63, 3.8) is 0 Å². The number of hydrogen-bond donors (Lipinski definition) is 0. The number of aryl methyl sites for hydroxylation is 1. The molecule has 0 saturated carbocycles. The van der Waals surface area contributed by atoms with Gasteiger partial charge < -0.3 is 0 Å². The first-order chi connectivity index (χ1) is 4.93. The topological polar surface area (TPSA) is 38.7 Å². The normalized spacial score (nSPS) is 10.1. The van der Waals surface area contributed by atoms with Crippen LogP contribution in [0, 0.1) is 0 Å². The molecule has 0 aliphatic heterocycles. The molecule has 1 aromatic rings. The van der Waals surface area contributed by atoms with E-state index < -0.39 is 0 Å². The molecule has 1 aromatic heterocycles. The van der Waals surface area contributed by atoms with Gasteiger partial charge in [0, 0.05) is 6.42 Å². The Balaban J connectivity index is 2.15. The van der Waals surface area contributed by atoms with Crippen molar-refractivity contribution in [1.82, 2.24) is 14.0 Å². The van der Waals surface area contributed by atoms with Crippen molar-refractivity contribution >= 4 is 11.7 Å². The Labute approximate surface area is 64.8 Å². The molecule has 0 unspecified atom stereocenters. The lowest BCUT2D eigenvalue weighted by atomic mass is 10.2. The van der Waals surface area contributed by atoms with Crippen LogP contribution in [0.4, 0.5) is 0 Å². The Morgan fingerprint density at radius 3 is 2.90 bits per heavy atom. The zero-order valence-electron chi connectivity index (χ0n) is 6.08. The van der Waals surface area contributed by atoms with Crippen LogP contribution in [0.25, 0.3) is 0 Å². The summed E-state index contributed by atoms with van der Waals surface area (Å²) in [6.45, 7) is 2.19. The SMILES string of the molecule is CCCCCc1nnsn1. The summed E-state index contributed by atoms with van der Waals surface area (Å²) in [6.07, 6.45) is 4.69. The summed E-state index contributed by atoms with van der Waals surface area (Å²) < 4.78 is 7.69. The number of unbranched alkanes of at least 4 members (excludes halogenated alkanes) is 2. The molecule has 0 aromatic carbocycles. The second-order valence-electron chi connectivity index (χ2n) is 2.23. The zero-order chi connectivity index (χ0) is 7.23. The molecule has 4 heteroatoms. The highest BCUT2D eigenvalue weighted by Gasteiger charge is 1.95. The van der Waals surface area contributed by atoms with E-state index in [4.69, 9.17) is 0 Å². The van der Waals surface area contributed by atoms with Crippen molar-refractivity contribution in [2.24, 2.45) is 0 Å². The molecule has 0 spiro atoms. The van der Waals surface area contributed by atoms with Crippen LogP contribution < -0.4 is 0 Å². The predicted molar refractivity (Wildman–Crippen MR) is 40.9 cm³/mol. The van der Waals surface area contributed by atoms with Crippen LogP contribution in [0.15, 0.2) is 0 Å². The van der Waals surface area contributed by atoms with Gasteiger partial charge in [-0.15, -0.1) is 5.10 Å². The van der Waals surface area contributed by atoms with Crippen molar-refractivity contribution in [1.29, 1.82) is 0 Å².